The van der Waals surface area contributed by atoms with Gasteiger partial charge in [-0.15, -0.1) is 12.4 Å². The number of aromatic nitrogens is 3. The van der Waals surface area contributed by atoms with E-state index in [-0.39, 0.29) is 12.4 Å². The first-order chi connectivity index (χ1) is 9.74. The first kappa shape index (κ1) is 16.2. The molecule has 0 saturated carbocycles. The highest BCUT2D eigenvalue weighted by molar-refractivity contribution is 6.30. The SMILES string of the molecule is C[C@@H]1CNCCN1Cc1ccc(Cl)cc1-n1cncn1.Cl. The van der Waals surface area contributed by atoms with Crippen molar-refractivity contribution in [3.8, 4) is 5.69 Å². The summed E-state index contributed by atoms with van der Waals surface area (Å²) < 4.78 is 1.77. The summed E-state index contributed by atoms with van der Waals surface area (Å²) in [6.07, 6.45) is 3.24. The van der Waals surface area contributed by atoms with E-state index in [4.69, 9.17) is 11.6 Å². The summed E-state index contributed by atoms with van der Waals surface area (Å²) in [7, 11) is 0. The van der Waals surface area contributed by atoms with E-state index >= 15 is 0 Å². The monoisotopic (exact) mass is 327 g/mol. The maximum Gasteiger partial charge on any atom is 0.138 e. The average molecular weight is 328 g/mol. The summed E-state index contributed by atoms with van der Waals surface area (Å²) in [6, 6.07) is 6.49. The average Bonchev–Trinajstić information content (AvgIpc) is 2.97. The molecule has 7 heteroatoms. The Hall–Kier alpha value is -1.14. The molecule has 0 radical (unpaired) electrons. The lowest BCUT2D eigenvalue weighted by atomic mass is 10.1. The molecule has 1 N–H and O–H groups in total. The van der Waals surface area contributed by atoms with Crippen molar-refractivity contribution in [1.29, 1.82) is 0 Å². The molecular weight excluding hydrogens is 309 g/mol. The van der Waals surface area contributed by atoms with Gasteiger partial charge in [0.1, 0.15) is 12.7 Å². The number of halogens is 2. The molecule has 1 atom stereocenters. The second kappa shape index (κ2) is 7.22. The van der Waals surface area contributed by atoms with Gasteiger partial charge in [0.25, 0.3) is 0 Å². The zero-order valence-corrected chi connectivity index (χ0v) is 13.4. The summed E-state index contributed by atoms with van der Waals surface area (Å²) in [5.74, 6) is 0. The van der Waals surface area contributed by atoms with Crippen molar-refractivity contribution in [3.63, 3.8) is 0 Å². The van der Waals surface area contributed by atoms with Crippen LogP contribution in [0.4, 0.5) is 0 Å². The molecule has 3 rings (SSSR count). The van der Waals surface area contributed by atoms with Crippen molar-refractivity contribution in [2.75, 3.05) is 19.6 Å². The number of nitrogens with zero attached hydrogens (tertiary/aromatic N) is 4. The summed E-state index contributed by atoms with van der Waals surface area (Å²) in [4.78, 5) is 6.49. The van der Waals surface area contributed by atoms with E-state index < -0.39 is 0 Å². The number of nitrogens with one attached hydrogen (secondary N) is 1. The molecule has 2 heterocycles. The Kier molecular flexibility index (Phi) is 5.58. The first-order valence-electron chi connectivity index (χ1n) is 6.82. The van der Waals surface area contributed by atoms with Gasteiger partial charge in [0.05, 0.1) is 5.69 Å². The van der Waals surface area contributed by atoms with Crippen molar-refractivity contribution in [2.45, 2.75) is 19.5 Å². The van der Waals surface area contributed by atoms with Gasteiger partial charge < -0.3 is 5.32 Å². The van der Waals surface area contributed by atoms with Crippen molar-refractivity contribution in [2.24, 2.45) is 0 Å². The van der Waals surface area contributed by atoms with Crippen molar-refractivity contribution < 1.29 is 0 Å². The Balaban J connectivity index is 0.00000161. The molecule has 1 aromatic heterocycles. The Bertz CT molecular complexity index is 573. The van der Waals surface area contributed by atoms with E-state index in [0.29, 0.717) is 11.1 Å². The molecule has 0 amide bonds. The summed E-state index contributed by atoms with van der Waals surface area (Å²) >= 11 is 6.12. The molecule has 0 aliphatic carbocycles. The van der Waals surface area contributed by atoms with Gasteiger partial charge in [0.15, 0.2) is 0 Å². The van der Waals surface area contributed by atoms with Gasteiger partial charge in [-0.3, -0.25) is 4.90 Å². The topological polar surface area (TPSA) is 46.0 Å². The van der Waals surface area contributed by atoms with Crippen LogP contribution in [-0.2, 0) is 6.54 Å². The molecular formula is C14H19Cl2N5. The second-order valence-electron chi connectivity index (χ2n) is 5.14. The highest BCUT2D eigenvalue weighted by atomic mass is 35.5. The number of benzene rings is 1. The summed E-state index contributed by atoms with van der Waals surface area (Å²) in [6.45, 7) is 6.27. The quantitative estimate of drug-likeness (QED) is 0.938. The lowest BCUT2D eigenvalue weighted by molar-refractivity contribution is 0.165. The zero-order valence-electron chi connectivity index (χ0n) is 11.9. The van der Waals surface area contributed by atoms with Gasteiger partial charge in [-0.05, 0) is 24.6 Å². The minimum absolute atomic E-state index is 0. The lowest BCUT2D eigenvalue weighted by Gasteiger charge is -2.34. The third-order valence-electron chi connectivity index (χ3n) is 3.73. The highest BCUT2D eigenvalue weighted by Gasteiger charge is 2.19. The fraction of sp³-hybridized carbons (Fsp3) is 0.429. The van der Waals surface area contributed by atoms with Crippen molar-refractivity contribution in [1.82, 2.24) is 25.0 Å². The standard InChI is InChI=1S/C14H18ClN5.ClH/c1-11-7-16-4-5-19(11)8-12-2-3-13(15)6-14(12)20-10-17-9-18-20;/h2-3,6,9-11,16H,4-5,7-8H2,1H3;1H/t11-;/m1./s1. The number of piperazine rings is 1. The minimum Gasteiger partial charge on any atom is -0.314 e. The second-order valence-corrected chi connectivity index (χ2v) is 5.57. The van der Waals surface area contributed by atoms with Crippen molar-refractivity contribution in [3.05, 3.63) is 41.4 Å². The van der Waals surface area contributed by atoms with Gasteiger partial charge in [0.2, 0.25) is 0 Å². The van der Waals surface area contributed by atoms with Crippen LogP contribution in [0.2, 0.25) is 5.02 Å². The Morgan fingerprint density at radius 1 is 1.43 bits per heavy atom. The fourth-order valence-electron chi connectivity index (χ4n) is 2.55. The largest absolute Gasteiger partial charge is 0.314 e. The van der Waals surface area contributed by atoms with Crippen LogP contribution in [0.1, 0.15) is 12.5 Å². The molecule has 2 aromatic rings. The highest BCUT2D eigenvalue weighted by Crippen LogP contribution is 2.21. The maximum atomic E-state index is 6.12. The van der Waals surface area contributed by atoms with Crippen LogP contribution in [0.25, 0.3) is 5.69 Å². The Labute approximate surface area is 135 Å². The minimum atomic E-state index is 0. The maximum absolute atomic E-state index is 6.12. The van der Waals surface area contributed by atoms with Crippen LogP contribution >= 0.6 is 24.0 Å². The van der Waals surface area contributed by atoms with E-state index in [1.165, 1.54) is 11.9 Å². The van der Waals surface area contributed by atoms with Gasteiger partial charge in [0, 0.05) is 37.2 Å². The molecule has 1 saturated heterocycles. The summed E-state index contributed by atoms with van der Waals surface area (Å²) in [5.41, 5.74) is 2.22. The number of rotatable bonds is 3. The van der Waals surface area contributed by atoms with Crippen LogP contribution in [0, 0.1) is 0 Å². The molecule has 0 unspecified atom stereocenters. The predicted octanol–water partition coefficient (Wildman–Crippen LogP) is 2.14. The molecule has 0 bridgehead atoms. The van der Waals surface area contributed by atoms with Gasteiger partial charge >= 0.3 is 0 Å². The van der Waals surface area contributed by atoms with Crippen LogP contribution in [0.3, 0.4) is 0 Å². The third-order valence-corrected chi connectivity index (χ3v) is 3.96. The molecule has 114 valence electrons. The van der Waals surface area contributed by atoms with Gasteiger partial charge in [-0.25, -0.2) is 9.67 Å². The molecule has 0 spiro atoms. The van der Waals surface area contributed by atoms with Crippen LogP contribution in [0.5, 0.6) is 0 Å². The van der Waals surface area contributed by atoms with Crippen LogP contribution in [-0.4, -0.2) is 45.3 Å². The van der Waals surface area contributed by atoms with Crippen molar-refractivity contribution >= 4 is 24.0 Å². The lowest BCUT2D eigenvalue weighted by Crippen LogP contribution is -2.49. The third kappa shape index (κ3) is 3.74. The normalized spacial score (nSPS) is 19.2. The fourth-order valence-corrected chi connectivity index (χ4v) is 2.72. The zero-order chi connectivity index (χ0) is 13.9. The molecule has 1 aliphatic heterocycles. The number of hydrogen-bond donors (Lipinski definition) is 1. The predicted molar refractivity (Wildman–Crippen MR) is 86.4 cm³/mol. The van der Waals surface area contributed by atoms with Gasteiger partial charge in [-0.2, -0.15) is 5.10 Å². The Morgan fingerprint density at radius 3 is 3.00 bits per heavy atom. The Morgan fingerprint density at radius 2 is 2.29 bits per heavy atom. The molecule has 1 aromatic carbocycles. The first-order valence-corrected chi connectivity index (χ1v) is 7.20. The molecule has 21 heavy (non-hydrogen) atoms. The number of hydrogen-bond acceptors (Lipinski definition) is 4. The van der Waals surface area contributed by atoms with E-state index in [1.807, 2.05) is 12.1 Å². The van der Waals surface area contributed by atoms with E-state index in [9.17, 15) is 0 Å². The van der Waals surface area contributed by atoms with E-state index in [1.54, 1.807) is 11.0 Å². The smallest absolute Gasteiger partial charge is 0.138 e. The van der Waals surface area contributed by atoms with E-state index in [2.05, 4.69) is 33.3 Å². The summed E-state index contributed by atoms with van der Waals surface area (Å²) in [5, 5.41) is 8.34. The van der Waals surface area contributed by atoms with E-state index in [0.717, 1.165) is 31.9 Å². The molecule has 1 aliphatic rings. The molecule has 5 nitrogen and oxygen atoms in total. The van der Waals surface area contributed by atoms with Crippen LogP contribution in [0.15, 0.2) is 30.9 Å². The van der Waals surface area contributed by atoms with Crippen LogP contribution < -0.4 is 5.32 Å². The van der Waals surface area contributed by atoms with Gasteiger partial charge in [-0.1, -0.05) is 17.7 Å². The molecule has 1 fully saturated rings.